The Hall–Kier alpha value is -1.36. The van der Waals surface area contributed by atoms with Crippen molar-refractivity contribution in [2.75, 3.05) is 13.2 Å². The van der Waals surface area contributed by atoms with E-state index < -0.39 is 14.4 Å². The summed E-state index contributed by atoms with van der Waals surface area (Å²) in [5, 5.41) is 2.41. The molecule has 114 valence electrons. The van der Waals surface area contributed by atoms with E-state index in [2.05, 4.69) is 43.4 Å². The second-order valence-corrected chi connectivity index (χ2v) is 9.76. The first-order valence-electron chi connectivity index (χ1n) is 7.48. The molecular formula is C17H24O3Si. The third kappa shape index (κ3) is 3.64. The van der Waals surface area contributed by atoms with Crippen molar-refractivity contribution in [3.05, 3.63) is 48.2 Å². The average molecular weight is 304 g/mol. The quantitative estimate of drug-likeness (QED) is 0.581. The molecule has 0 N–H and O–H groups in total. The van der Waals surface area contributed by atoms with Crippen molar-refractivity contribution in [1.29, 1.82) is 0 Å². The van der Waals surface area contributed by atoms with Crippen LogP contribution in [0.1, 0.15) is 25.9 Å². The Morgan fingerprint density at radius 3 is 2.14 bits per heavy atom. The zero-order valence-corrected chi connectivity index (χ0v) is 14.3. The molecule has 0 saturated heterocycles. The summed E-state index contributed by atoms with van der Waals surface area (Å²) in [6, 6.07) is 14.6. The number of hydrogen-bond donors (Lipinski definition) is 0. The molecule has 1 aromatic carbocycles. The Labute approximate surface area is 127 Å². The van der Waals surface area contributed by atoms with Crippen molar-refractivity contribution in [1.82, 2.24) is 0 Å². The molecule has 0 saturated carbocycles. The second-order valence-electron chi connectivity index (χ2n) is 5.44. The lowest BCUT2D eigenvalue weighted by Gasteiger charge is -2.20. The maximum absolute atomic E-state index is 6.08. The van der Waals surface area contributed by atoms with Gasteiger partial charge in [-0.15, -0.1) is 0 Å². The van der Waals surface area contributed by atoms with Gasteiger partial charge in [0.2, 0.25) is 6.29 Å². The number of benzene rings is 1. The normalized spacial score (nSPS) is 12.0. The maximum Gasteiger partial charge on any atom is 0.217 e. The molecule has 21 heavy (non-hydrogen) atoms. The van der Waals surface area contributed by atoms with E-state index in [1.54, 1.807) is 0 Å². The van der Waals surface area contributed by atoms with Crippen LogP contribution in [0, 0.1) is 0 Å². The Morgan fingerprint density at radius 2 is 1.57 bits per heavy atom. The van der Waals surface area contributed by atoms with Crippen molar-refractivity contribution < 1.29 is 13.9 Å². The number of furan rings is 1. The predicted molar refractivity (Wildman–Crippen MR) is 87.9 cm³/mol. The third-order valence-electron chi connectivity index (χ3n) is 3.61. The standard InChI is InChI=1S/C17H24O3Si/c1-5-18-17(19-6-2)15-12-13-16(20-15)21(3,4)14-10-8-7-9-11-14/h7-13,17H,5-6H2,1-4H3. The molecule has 0 radical (unpaired) electrons. The Bertz CT molecular complexity index is 542. The van der Waals surface area contributed by atoms with E-state index in [9.17, 15) is 0 Å². The molecule has 0 aliphatic rings. The fourth-order valence-corrected chi connectivity index (χ4v) is 4.51. The van der Waals surface area contributed by atoms with Crippen LogP contribution in [-0.2, 0) is 9.47 Å². The van der Waals surface area contributed by atoms with Gasteiger partial charge in [0.05, 0.1) is 5.38 Å². The molecule has 4 heteroatoms. The van der Waals surface area contributed by atoms with Crippen LogP contribution in [0.2, 0.25) is 13.1 Å². The molecule has 1 heterocycles. The van der Waals surface area contributed by atoms with Gasteiger partial charge in [-0.3, -0.25) is 0 Å². The summed E-state index contributed by atoms with van der Waals surface area (Å²) in [4.78, 5) is 0. The summed E-state index contributed by atoms with van der Waals surface area (Å²) in [6.07, 6.45) is -0.408. The summed E-state index contributed by atoms with van der Waals surface area (Å²) < 4.78 is 17.3. The van der Waals surface area contributed by atoms with Gasteiger partial charge in [-0.2, -0.15) is 0 Å². The molecule has 0 aliphatic carbocycles. The molecule has 0 spiro atoms. The number of rotatable bonds is 7. The van der Waals surface area contributed by atoms with Crippen molar-refractivity contribution in [2.24, 2.45) is 0 Å². The monoisotopic (exact) mass is 304 g/mol. The largest absolute Gasteiger partial charge is 0.465 e. The van der Waals surface area contributed by atoms with E-state index in [1.807, 2.05) is 26.0 Å². The SMILES string of the molecule is CCOC(OCC)c1ccc([Si](C)(C)c2ccccc2)o1. The van der Waals surface area contributed by atoms with Crippen LogP contribution < -0.4 is 10.6 Å². The lowest BCUT2D eigenvalue weighted by Crippen LogP contribution is -2.52. The molecule has 0 bridgehead atoms. The highest BCUT2D eigenvalue weighted by atomic mass is 28.3. The fourth-order valence-electron chi connectivity index (χ4n) is 2.33. The van der Waals surface area contributed by atoms with Crippen LogP contribution in [0.4, 0.5) is 0 Å². The molecule has 0 unspecified atom stereocenters. The maximum atomic E-state index is 6.08. The van der Waals surface area contributed by atoms with Crippen LogP contribution in [0.5, 0.6) is 0 Å². The van der Waals surface area contributed by atoms with Gasteiger partial charge in [0.25, 0.3) is 0 Å². The topological polar surface area (TPSA) is 31.6 Å². The van der Waals surface area contributed by atoms with E-state index in [4.69, 9.17) is 13.9 Å². The summed E-state index contributed by atoms with van der Waals surface area (Å²) in [5.41, 5.74) is 0. The van der Waals surface area contributed by atoms with Crippen molar-refractivity contribution in [3.8, 4) is 0 Å². The Balaban J connectivity index is 2.26. The summed E-state index contributed by atoms with van der Waals surface area (Å²) in [5.74, 6) is 0.755. The highest BCUT2D eigenvalue weighted by Gasteiger charge is 2.30. The minimum absolute atomic E-state index is 0.408. The first-order chi connectivity index (χ1) is 10.1. The van der Waals surface area contributed by atoms with Crippen molar-refractivity contribution in [3.63, 3.8) is 0 Å². The van der Waals surface area contributed by atoms with E-state index in [1.165, 1.54) is 5.19 Å². The van der Waals surface area contributed by atoms with Crippen molar-refractivity contribution >= 4 is 18.6 Å². The van der Waals surface area contributed by atoms with E-state index >= 15 is 0 Å². The molecule has 2 rings (SSSR count). The van der Waals surface area contributed by atoms with E-state index in [0.29, 0.717) is 13.2 Å². The summed E-state index contributed by atoms with van der Waals surface area (Å²) >= 11 is 0. The van der Waals surface area contributed by atoms with Crippen LogP contribution >= 0.6 is 0 Å². The average Bonchev–Trinajstić information content (AvgIpc) is 2.98. The molecule has 0 atom stereocenters. The van der Waals surface area contributed by atoms with E-state index in [0.717, 1.165) is 11.1 Å². The summed E-state index contributed by atoms with van der Waals surface area (Å²) in [7, 11) is -1.80. The lowest BCUT2D eigenvalue weighted by atomic mass is 10.4. The molecule has 0 fully saturated rings. The minimum atomic E-state index is -1.80. The van der Waals surface area contributed by atoms with Crippen LogP contribution in [0.15, 0.2) is 46.9 Å². The fraction of sp³-hybridized carbons (Fsp3) is 0.412. The Kier molecular flexibility index (Phi) is 5.39. The van der Waals surface area contributed by atoms with Crippen LogP contribution in [0.3, 0.4) is 0 Å². The lowest BCUT2D eigenvalue weighted by molar-refractivity contribution is -0.150. The first-order valence-corrected chi connectivity index (χ1v) is 10.5. The van der Waals surface area contributed by atoms with Gasteiger partial charge < -0.3 is 13.9 Å². The van der Waals surface area contributed by atoms with Gasteiger partial charge in [0.15, 0.2) is 13.8 Å². The molecule has 0 amide bonds. The third-order valence-corrected chi connectivity index (χ3v) is 6.88. The number of hydrogen-bond acceptors (Lipinski definition) is 3. The Morgan fingerprint density at radius 1 is 0.952 bits per heavy atom. The highest BCUT2D eigenvalue weighted by Crippen LogP contribution is 2.20. The van der Waals surface area contributed by atoms with Gasteiger partial charge in [0.1, 0.15) is 0 Å². The van der Waals surface area contributed by atoms with Crippen LogP contribution in [-0.4, -0.2) is 21.3 Å². The second kappa shape index (κ2) is 7.07. The van der Waals surface area contributed by atoms with Gasteiger partial charge in [-0.25, -0.2) is 0 Å². The molecule has 2 aromatic rings. The van der Waals surface area contributed by atoms with Crippen molar-refractivity contribution in [2.45, 2.75) is 33.2 Å². The highest BCUT2D eigenvalue weighted by molar-refractivity contribution is 6.99. The zero-order chi connectivity index (χ0) is 15.3. The first kappa shape index (κ1) is 16.0. The number of ether oxygens (including phenoxy) is 2. The van der Waals surface area contributed by atoms with Gasteiger partial charge in [0, 0.05) is 13.2 Å². The van der Waals surface area contributed by atoms with E-state index in [-0.39, 0.29) is 0 Å². The van der Waals surface area contributed by atoms with Gasteiger partial charge >= 0.3 is 0 Å². The predicted octanol–water partition coefficient (Wildman–Crippen LogP) is 3.17. The molecule has 3 nitrogen and oxygen atoms in total. The molecule has 1 aromatic heterocycles. The summed E-state index contributed by atoms with van der Waals surface area (Å²) in [6.45, 7) is 9.69. The van der Waals surface area contributed by atoms with Gasteiger partial charge in [-0.1, -0.05) is 48.6 Å². The minimum Gasteiger partial charge on any atom is -0.465 e. The zero-order valence-electron chi connectivity index (χ0n) is 13.3. The molecular weight excluding hydrogens is 280 g/mol. The smallest absolute Gasteiger partial charge is 0.217 e. The van der Waals surface area contributed by atoms with Gasteiger partial charge in [-0.05, 0) is 26.0 Å². The van der Waals surface area contributed by atoms with Crippen LogP contribution in [0.25, 0.3) is 0 Å². The molecule has 0 aliphatic heterocycles.